The molecule has 0 bridgehead atoms. The molecule has 1 N–H and O–H groups in total. The summed E-state index contributed by atoms with van der Waals surface area (Å²) in [4.78, 5) is 10.0. The predicted octanol–water partition coefficient (Wildman–Crippen LogP) is 2.70. The van der Waals surface area contributed by atoms with Crippen molar-refractivity contribution in [3.8, 4) is 0 Å². The van der Waals surface area contributed by atoms with Gasteiger partial charge in [0.1, 0.15) is 5.82 Å². The van der Waals surface area contributed by atoms with Gasteiger partial charge in [-0.05, 0) is 6.42 Å². The molecule has 1 aromatic heterocycles. The second-order valence-electron chi connectivity index (χ2n) is 4.20. The normalized spacial score (nSPS) is 11.4. The lowest BCUT2D eigenvalue weighted by atomic mass is 10.3. The Morgan fingerprint density at radius 3 is 2.80 bits per heavy atom. The van der Waals surface area contributed by atoms with E-state index in [1.54, 1.807) is 7.05 Å². The maximum absolute atomic E-state index is 12.6. The molecule has 0 fully saturated rings. The van der Waals surface area contributed by atoms with Gasteiger partial charge in [-0.25, -0.2) is 4.98 Å². The van der Waals surface area contributed by atoms with Crippen molar-refractivity contribution < 1.29 is 8.78 Å². The smallest absolute Gasteiger partial charge is 0.319 e. The fraction of sp³-hybridized carbons (Fsp3) is 0.667. The van der Waals surface area contributed by atoms with Crippen LogP contribution in [-0.4, -0.2) is 41.1 Å². The maximum atomic E-state index is 12.6. The van der Waals surface area contributed by atoms with Crippen molar-refractivity contribution in [1.29, 1.82) is 0 Å². The van der Waals surface area contributed by atoms with Crippen LogP contribution in [0.2, 0.25) is 0 Å². The first kappa shape index (κ1) is 19.1. The number of nitrogens with one attached hydrogen (secondary N) is 1. The van der Waals surface area contributed by atoms with Crippen molar-refractivity contribution in [2.45, 2.75) is 32.9 Å². The Bertz CT molecular complexity index is 408. The third kappa shape index (κ3) is 5.59. The SMILES string of the molecule is CCCCN(C)C(=NC)NCc1nccn1C(F)F.I. The van der Waals surface area contributed by atoms with Gasteiger partial charge in [0.25, 0.3) is 0 Å². The van der Waals surface area contributed by atoms with Gasteiger partial charge in [-0.3, -0.25) is 9.56 Å². The number of nitrogens with zero attached hydrogens (tertiary/aromatic N) is 4. The summed E-state index contributed by atoms with van der Waals surface area (Å²) < 4.78 is 26.1. The van der Waals surface area contributed by atoms with Gasteiger partial charge in [0, 0.05) is 33.0 Å². The molecule has 1 aromatic rings. The van der Waals surface area contributed by atoms with Crippen LogP contribution in [0.5, 0.6) is 0 Å². The van der Waals surface area contributed by atoms with E-state index in [4.69, 9.17) is 0 Å². The highest BCUT2D eigenvalue weighted by atomic mass is 127. The molecule has 0 saturated carbocycles. The number of aromatic nitrogens is 2. The van der Waals surface area contributed by atoms with E-state index in [1.807, 2.05) is 11.9 Å². The summed E-state index contributed by atoms with van der Waals surface area (Å²) >= 11 is 0. The fourth-order valence-corrected chi connectivity index (χ4v) is 1.70. The number of alkyl halides is 2. The molecule has 116 valence electrons. The summed E-state index contributed by atoms with van der Waals surface area (Å²) in [5.41, 5.74) is 0. The van der Waals surface area contributed by atoms with Crippen LogP contribution in [0.15, 0.2) is 17.4 Å². The van der Waals surface area contributed by atoms with Crippen molar-refractivity contribution >= 4 is 29.9 Å². The van der Waals surface area contributed by atoms with Crippen molar-refractivity contribution in [3.63, 3.8) is 0 Å². The summed E-state index contributed by atoms with van der Waals surface area (Å²) in [7, 11) is 3.59. The zero-order valence-corrected chi connectivity index (χ0v) is 14.3. The first-order valence-corrected chi connectivity index (χ1v) is 6.31. The summed E-state index contributed by atoms with van der Waals surface area (Å²) in [6.07, 6.45) is 4.79. The summed E-state index contributed by atoms with van der Waals surface area (Å²) in [5.74, 6) is 0.970. The zero-order chi connectivity index (χ0) is 14.3. The standard InChI is InChI=1S/C12H21F2N5.HI/c1-4-5-7-18(3)12(15-2)17-9-10-16-6-8-19(10)11(13)14;/h6,8,11H,4-5,7,9H2,1-3H3,(H,15,17);1H. The molecule has 0 aromatic carbocycles. The van der Waals surface area contributed by atoms with Gasteiger partial charge < -0.3 is 10.2 Å². The number of unbranched alkanes of at least 4 members (excludes halogenated alkanes) is 1. The molecule has 0 unspecified atom stereocenters. The van der Waals surface area contributed by atoms with Gasteiger partial charge in [0.2, 0.25) is 0 Å². The van der Waals surface area contributed by atoms with Crippen LogP contribution >= 0.6 is 24.0 Å². The molecule has 0 atom stereocenters. The third-order valence-corrected chi connectivity index (χ3v) is 2.78. The van der Waals surface area contributed by atoms with Gasteiger partial charge in [-0.15, -0.1) is 24.0 Å². The Balaban J connectivity index is 0.00000361. The highest BCUT2D eigenvalue weighted by Crippen LogP contribution is 2.11. The van der Waals surface area contributed by atoms with E-state index < -0.39 is 6.55 Å². The second kappa shape index (κ2) is 9.89. The highest BCUT2D eigenvalue weighted by Gasteiger charge is 2.12. The van der Waals surface area contributed by atoms with Gasteiger partial charge in [-0.2, -0.15) is 8.78 Å². The number of rotatable bonds is 6. The van der Waals surface area contributed by atoms with E-state index in [2.05, 4.69) is 22.2 Å². The first-order chi connectivity index (χ1) is 9.10. The van der Waals surface area contributed by atoms with Crippen LogP contribution < -0.4 is 5.32 Å². The third-order valence-electron chi connectivity index (χ3n) is 2.78. The lowest BCUT2D eigenvalue weighted by Crippen LogP contribution is -2.39. The Morgan fingerprint density at radius 2 is 2.25 bits per heavy atom. The molecule has 20 heavy (non-hydrogen) atoms. The monoisotopic (exact) mass is 401 g/mol. The zero-order valence-electron chi connectivity index (χ0n) is 12.0. The number of aliphatic imine (C=N–C) groups is 1. The molecule has 0 aliphatic rings. The van der Waals surface area contributed by atoms with E-state index in [1.165, 1.54) is 12.4 Å². The van der Waals surface area contributed by atoms with Crippen LogP contribution in [0.1, 0.15) is 32.1 Å². The van der Waals surface area contributed by atoms with E-state index in [-0.39, 0.29) is 30.5 Å². The van der Waals surface area contributed by atoms with Crippen LogP contribution in [0, 0.1) is 0 Å². The summed E-state index contributed by atoms with van der Waals surface area (Å²) in [5, 5.41) is 3.04. The summed E-state index contributed by atoms with van der Waals surface area (Å²) in [6.45, 7) is 0.641. The molecule has 5 nitrogen and oxygen atoms in total. The average Bonchev–Trinajstić information content (AvgIpc) is 2.85. The molecule has 1 heterocycles. The summed E-state index contributed by atoms with van der Waals surface area (Å²) in [6, 6.07) is 0. The number of guanidine groups is 1. The number of imidazole rings is 1. The molecule has 0 radical (unpaired) electrons. The van der Waals surface area contributed by atoms with Crippen LogP contribution in [0.4, 0.5) is 8.78 Å². The predicted molar refractivity (Wildman–Crippen MR) is 86.6 cm³/mol. The van der Waals surface area contributed by atoms with Crippen molar-refractivity contribution in [1.82, 2.24) is 19.8 Å². The van der Waals surface area contributed by atoms with Gasteiger partial charge >= 0.3 is 6.55 Å². The molecule has 0 aliphatic heterocycles. The molecule has 0 spiro atoms. The Morgan fingerprint density at radius 1 is 1.55 bits per heavy atom. The van der Waals surface area contributed by atoms with Crippen molar-refractivity contribution in [2.75, 3.05) is 20.6 Å². The molecule has 8 heteroatoms. The van der Waals surface area contributed by atoms with Gasteiger partial charge in [-0.1, -0.05) is 13.3 Å². The molecule has 1 rings (SSSR count). The van der Waals surface area contributed by atoms with Crippen LogP contribution in [0.3, 0.4) is 0 Å². The van der Waals surface area contributed by atoms with Gasteiger partial charge in [0.15, 0.2) is 5.96 Å². The van der Waals surface area contributed by atoms with E-state index in [0.717, 1.165) is 24.0 Å². The number of halogens is 3. The molecule has 0 saturated heterocycles. The maximum Gasteiger partial charge on any atom is 0.319 e. The van der Waals surface area contributed by atoms with Crippen molar-refractivity contribution in [2.24, 2.45) is 4.99 Å². The lowest BCUT2D eigenvalue weighted by molar-refractivity contribution is 0.0668. The first-order valence-electron chi connectivity index (χ1n) is 6.31. The van der Waals surface area contributed by atoms with Crippen LogP contribution in [-0.2, 0) is 6.54 Å². The van der Waals surface area contributed by atoms with E-state index in [0.29, 0.717) is 11.8 Å². The van der Waals surface area contributed by atoms with Crippen LogP contribution in [0.25, 0.3) is 0 Å². The molecule has 0 aliphatic carbocycles. The average molecular weight is 401 g/mol. The number of hydrogen-bond acceptors (Lipinski definition) is 2. The molecular weight excluding hydrogens is 379 g/mol. The van der Waals surface area contributed by atoms with Crippen molar-refractivity contribution in [3.05, 3.63) is 18.2 Å². The Hall–Kier alpha value is -0.930. The number of hydrogen-bond donors (Lipinski definition) is 1. The minimum absolute atomic E-state index is 0. The Labute approximate surface area is 135 Å². The highest BCUT2D eigenvalue weighted by molar-refractivity contribution is 14.0. The minimum atomic E-state index is -2.57. The second-order valence-corrected chi connectivity index (χ2v) is 4.20. The largest absolute Gasteiger partial charge is 0.349 e. The topological polar surface area (TPSA) is 45.4 Å². The van der Waals surface area contributed by atoms with E-state index >= 15 is 0 Å². The van der Waals surface area contributed by atoms with Gasteiger partial charge in [0.05, 0.1) is 6.54 Å². The van der Waals surface area contributed by atoms with E-state index in [9.17, 15) is 8.78 Å². The molecular formula is C12H22F2IN5. The Kier molecular flexibility index (Phi) is 9.43. The fourth-order valence-electron chi connectivity index (χ4n) is 1.70. The molecule has 0 amide bonds. The minimum Gasteiger partial charge on any atom is -0.349 e. The quantitative estimate of drug-likeness (QED) is 0.453. The lowest BCUT2D eigenvalue weighted by Gasteiger charge is -2.21.